The summed E-state index contributed by atoms with van der Waals surface area (Å²) in [6.07, 6.45) is 7.70. The number of ether oxygens (including phenoxy) is 2. The van der Waals surface area contributed by atoms with Gasteiger partial charge in [-0.15, -0.1) is 0 Å². The van der Waals surface area contributed by atoms with Crippen LogP contribution in [0, 0.1) is 17.8 Å². The maximum absolute atomic E-state index is 11.7. The Labute approximate surface area is 155 Å². The number of carbonyl (C=O) groups excluding carboxylic acids is 2. The highest BCUT2D eigenvalue weighted by Gasteiger charge is 2.13. The second-order valence-corrected chi connectivity index (χ2v) is 7.35. The van der Waals surface area contributed by atoms with E-state index in [-0.39, 0.29) is 11.9 Å². The van der Waals surface area contributed by atoms with Gasteiger partial charge in [0.05, 0.1) is 13.2 Å². The zero-order valence-corrected chi connectivity index (χ0v) is 17.1. The second-order valence-electron chi connectivity index (χ2n) is 7.35. The standard InChI is InChI=1S/C21H40O4/c1-6-12-19(8-3)16-25-21(23)14-11-9-10-13-20(22)24-15-18(5)17(4)7-2/h17-19H,6-16H2,1-5H3. The van der Waals surface area contributed by atoms with Crippen molar-refractivity contribution in [1.29, 1.82) is 0 Å². The van der Waals surface area contributed by atoms with E-state index in [1.165, 1.54) is 0 Å². The van der Waals surface area contributed by atoms with Crippen LogP contribution in [0.25, 0.3) is 0 Å². The minimum absolute atomic E-state index is 0.112. The fraction of sp³-hybridized carbons (Fsp3) is 0.905. The van der Waals surface area contributed by atoms with Gasteiger partial charge in [-0.05, 0) is 37.0 Å². The maximum atomic E-state index is 11.7. The van der Waals surface area contributed by atoms with E-state index in [1.54, 1.807) is 0 Å². The lowest BCUT2D eigenvalue weighted by molar-refractivity contribution is -0.145. The number of hydrogen-bond acceptors (Lipinski definition) is 4. The van der Waals surface area contributed by atoms with Crippen LogP contribution in [0.15, 0.2) is 0 Å². The number of carbonyl (C=O) groups is 2. The van der Waals surface area contributed by atoms with E-state index in [9.17, 15) is 9.59 Å². The molecular weight excluding hydrogens is 316 g/mol. The topological polar surface area (TPSA) is 52.6 Å². The molecule has 0 aromatic rings. The molecule has 3 atom stereocenters. The fourth-order valence-corrected chi connectivity index (χ4v) is 2.68. The summed E-state index contributed by atoms with van der Waals surface area (Å²) >= 11 is 0. The van der Waals surface area contributed by atoms with Gasteiger partial charge in [0.15, 0.2) is 0 Å². The number of unbranched alkanes of at least 4 members (excludes halogenated alkanes) is 2. The molecule has 3 unspecified atom stereocenters. The minimum Gasteiger partial charge on any atom is -0.465 e. The van der Waals surface area contributed by atoms with Crippen molar-refractivity contribution in [2.24, 2.45) is 17.8 Å². The third-order valence-corrected chi connectivity index (χ3v) is 5.14. The Balaban J connectivity index is 3.64. The van der Waals surface area contributed by atoms with Gasteiger partial charge in [-0.3, -0.25) is 9.59 Å². The molecule has 4 nitrogen and oxygen atoms in total. The molecule has 0 aromatic carbocycles. The van der Waals surface area contributed by atoms with Gasteiger partial charge in [-0.2, -0.15) is 0 Å². The van der Waals surface area contributed by atoms with Gasteiger partial charge >= 0.3 is 11.9 Å². The molecule has 25 heavy (non-hydrogen) atoms. The van der Waals surface area contributed by atoms with Crippen molar-refractivity contribution in [3.63, 3.8) is 0 Å². The molecule has 0 aliphatic carbocycles. The second kappa shape index (κ2) is 15.2. The third-order valence-electron chi connectivity index (χ3n) is 5.14. The molecule has 0 rings (SSSR count). The van der Waals surface area contributed by atoms with Gasteiger partial charge in [-0.1, -0.05) is 60.3 Å². The van der Waals surface area contributed by atoms with Gasteiger partial charge in [-0.25, -0.2) is 0 Å². The van der Waals surface area contributed by atoms with Gasteiger partial charge < -0.3 is 9.47 Å². The molecular formula is C21H40O4. The summed E-state index contributed by atoms with van der Waals surface area (Å²) in [5, 5.41) is 0. The molecule has 0 amide bonds. The zero-order valence-electron chi connectivity index (χ0n) is 17.1. The summed E-state index contributed by atoms with van der Waals surface area (Å²) in [5.41, 5.74) is 0. The fourth-order valence-electron chi connectivity index (χ4n) is 2.68. The van der Waals surface area contributed by atoms with Crippen LogP contribution in [0.1, 0.15) is 92.4 Å². The largest absolute Gasteiger partial charge is 0.465 e. The van der Waals surface area contributed by atoms with E-state index in [1.807, 2.05) is 0 Å². The van der Waals surface area contributed by atoms with Crippen molar-refractivity contribution in [3.8, 4) is 0 Å². The van der Waals surface area contributed by atoms with Crippen LogP contribution in [0.2, 0.25) is 0 Å². The van der Waals surface area contributed by atoms with E-state index in [0.717, 1.165) is 44.9 Å². The number of hydrogen-bond donors (Lipinski definition) is 0. The molecule has 4 heteroatoms. The molecule has 0 saturated carbocycles. The monoisotopic (exact) mass is 356 g/mol. The van der Waals surface area contributed by atoms with E-state index >= 15 is 0 Å². The Morgan fingerprint density at radius 3 is 1.80 bits per heavy atom. The van der Waals surface area contributed by atoms with Crippen LogP contribution in [-0.2, 0) is 19.1 Å². The first-order valence-corrected chi connectivity index (χ1v) is 10.3. The smallest absolute Gasteiger partial charge is 0.305 e. The lowest BCUT2D eigenvalue weighted by atomic mass is 9.94. The first-order chi connectivity index (χ1) is 11.9. The average molecular weight is 357 g/mol. The van der Waals surface area contributed by atoms with Crippen molar-refractivity contribution in [1.82, 2.24) is 0 Å². The molecule has 0 saturated heterocycles. The molecule has 0 heterocycles. The van der Waals surface area contributed by atoms with Crippen LogP contribution in [-0.4, -0.2) is 25.2 Å². The molecule has 148 valence electrons. The van der Waals surface area contributed by atoms with Crippen molar-refractivity contribution in [2.75, 3.05) is 13.2 Å². The number of esters is 2. The van der Waals surface area contributed by atoms with E-state index in [0.29, 0.717) is 43.8 Å². The summed E-state index contributed by atoms with van der Waals surface area (Å²) in [7, 11) is 0. The first-order valence-electron chi connectivity index (χ1n) is 10.3. The summed E-state index contributed by atoms with van der Waals surface area (Å²) in [6, 6.07) is 0. The average Bonchev–Trinajstić information content (AvgIpc) is 2.61. The Morgan fingerprint density at radius 2 is 1.32 bits per heavy atom. The maximum Gasteiger partial charge on any atom is 0.305 e. The first kappa shape index (κ1) is 23.9. The highest BCUT2D eigenvalue weighted by atomic mass is 16.5. The lowest BCUT2D eigenvalue weighted by Crippen LogP contribution is -2.17. The summed E-state index contributed by atoms with van der Waals surface area (Å²) < 4.78 is 10.7. The Hall–Kier alpha value is -1.06. The van der Waals surface area contributed by atoms with Crippen LogP contribution in [0.5, 0.6) is 0 Å². The predicted octanol–water partition coefficient (Wildman–Crippen LogP) is 5.53. The Bertz CT molecular complexity index is 334. The Kier molecular flexibility index (Phi) is 14.6. The minimum atomic E-state index is -0.122. The van der Waals surface area contributed by atoms with Crippen molar-refractivity contribution < 1.29 is 19.1 Å². The van der Waals surface area contributed by atoms with E-state index in [2.05, 4.69) is 34.6 Å². The van der Waals surface area contributed by atoms with Crippen LogP contribution >= 0.6 is 0 Å². The lowest BCUT2D eigenvalue weighted by Gasteiger charge is -2.17. The van der Waals surface area contributed by atoms with Gasteiger partial charge in [0.2, 0.25) is 0 Å². The third kappa shape index (κ3) is 12.9. The predicted molar refractivity (Wildman–Crippen MR) is 102 cm³/mol. The summed E-state index contributed by atoms with van der Waals surface area (Å²) in [4.78, 5) is 23.4. The van der Waals surface area contributed by atoms with E-state index in [4.69, 9.17) is 9.47 Å². The highest BCUT2D eigenvalue weighted by molar-refractivity contribution is 5.69. The van der Waals surface area contributed by atoms with Crippen LogP contribution in [0.3, 0.4) is 0 Å². The van der Waals surface area contributed by atoms with Crippen LogP contribution < -0.4 is 0 Å². The van der Waals surface area contributed by atoms with Crippen molar-refractivity contribution in [2.45, 2.75) is 92.4 Å². The van der Waals surface area contributed by atoms with Gasteiger partial charge in [0.25, 0.3) is 0 Å². The quantitative estimate of drug-likeness (QED) is 0.286. The molecule has 0 fully saturated rings. The Morgan fingerprint density at radius 1 is 0.760 bits per heavy atom. The molecule has 0 bridgehead atoms. The van der Waals surface area contributed by atoms with Crippen LogP contribution in [0.4, 0.5) is 0 Å². The summed E-state index contributed by atoms with van der Waals surface area (Å²) in [6.45, 7) is 11.8. The van der Waals surface area contributed by atoms with Gasteiger partial charge in [0.1, 0.15) is 0 Å². The molecule has 0 aliphatic heterocycles. The van der Waals surface area contributed by atoms with Gasteiger partial charge in [0, 0.05) is 12.8 Å². The summed E-state index contributed by atoms with van der Waals surface area (Å²) in [5.74, 6) is 1.23. The zero-order chi connectivity index (χ0) is 19.1. The normalized spacial score (nSPS) is 14.6. The highest BCUT2D eigenvalue weighted by Crippen LogP contribution is 2.15. The van der Waals surface area contributed by atoms with Crippen molar-refractivity contribution >= 4 is 11.9 Å². The molecule has 0 N–H and O–H groups in total. The SMILES string of the molecule is CCCC(CC)COC(=O)CCCCCC(=O)OCC(C)C(C)CC. The molecule has 0 radical (unpaired) electrons. The van der Waals surface area contributed by atoms with Crippen molar-refractivity contribution in [3.05, 3.63) is 0 Å². The molecule has 0 aliphatic rings. The number of rotatable bonds is 15. The molecule has 0 spiro atoms. The van der Waals surface area contributed by atoms with E-state index < -0.39 is 0 Å². The molecule has 0 aromatic heterocycles.